The lowest BCUT2D eigenvalue weighted by Gasteiger charge is -2.02. The molecule has 0 aliphatic rings. The van der Waals surface area contributed by atoms with Crippen molar-refractivity contribution >= 4 is 17.5 Å². The average molecular weight is 220 g/mol. The van der Waals surface area contributed by atoms with Gasteiger partial charge in [-0.25, -0.2) is 8.78 Å². The summed E-state index contributed by atoms with van der Waals surface area (Å²) in [6.45, 7) is 0.262. The molecular formula is C9H8ClF2NO. The Morgan fingerprint density at radius 3 is 2.36 bits per heavy atom. The van der Waals surface area contributed by atoms with Gasteiger partial charge in [0, 0.05) is 24.1 Å². The molecule has 0 saturated carbocycles. The number of halogens is 3. The Morgan fingerprint density at radius 1 is 1.29 bits per heavy atom. The number of alkyl halides is 1. The number of benzene rings is 1. The third-order valence-electron chi connectivity index (χ3n) is 1.50. The lowest BCUT2D eigenvalue weighted by Crippen LogP contribution is -2.25. The molecule has 1 amide bonds. The summed E-state index contributed by atoms with van der Waals surface area (Å²) in [6.07, 6.45) is 0. The third-order valence-corrected chi connectivity index (χ3v) is 1.69. The highest BCUT2D eigenvalue weighted by atomic mass is 35.5. The van der Waals surface area contributed by atoms with Gasteiger partial charge in [-0.1, -0.05) is 0 Å². The molecule has 1 N–H and O–H groups in total. The molecule has 1 rings (SSSR count). The summed E-state index contributed by atoms with van der Waals surface area (Å²) in [5, 5.41) is 2.40. The first kappa shape index (κ1) is 10.9. The summed E-state index contributed by atoms with van der Waals surface area (Å²) >= 11 is 5.33. The number of nitrogens with one attached hydrogen (secondary N) is 1. The van der Waals surface area contributed by atoms with Crippen molar-refractivity contribution < 1.29 is 13.6 Å². The van der Waals surface area contributed by atoms with Crippen LogP contribution in [0, 0.1) is 11.6 Å². The monoisotopic (exact) mass is 219 g/mol. The second-order valence-electron chi connectivity index (χ2n) is 2.60. The molecule has 0 aromatic heterocycles. The lowest BCUT2D eigenvalue weighted by atomic mass is 10.2. The number of rotatable bonds is 3. The Balaban J connectivity index is 2.79. The Kier molecular flexibility index (Phi) is 3.83. The van der Waals surface area contributed by atoms with Crippen LogP contribution in [0.1, 0.15) is 10.4 Å². The van der Waals surface area contributed by atoms with Crippen molar-refractivity contribution in [3.63, 3.8) is 0 Å². The van der Waals surface area contributed by atoms with Crippen LogP contribution >= 0.6 is 11.6 Å². The van der Waals surface area contributed by atoms with E-state index < -0.39 is 17.5 Å². The van der Waals surface area contributed by atoms with E-state index in [9.17, 15) is 13.6 Å². The van der Waals surface area contributed by atoms with Crippen molar-refractivity contribution in [1.29, 1.82) is 0 Å². The molecule has 5 heteroatoms. The maximum absolute atomic E-state index is 12.7. The van der Waals surface area contributed by atoms with E-state index in [1.165, 1.54) is 0 Å². The predicted molar refractivity (Wildman–Crippen MR) is 49.4 cm³/mol. The van der Waals surface area contributed by atoms with Gasteiger partial charge in [-0.15, -0.1) is 11.6 Å². The van der Waals surface area contributed by atoms with E-state index >= 15 is 0 Å². The molecule has 76 valence electrons. The molecule has 0 radical (unpaired) electrons. The van der Waals surface area contributed by atoms with Crippen LogP contribution in [0.2, 0.25) is 0 Å². The number of hydrogen-bond donors (Lipinski definition) is 1. The largest absolute Gasteiger partial charge is 0.351 e. The SMILES string of the molecule is O=C(NCCCl)c1cc(F)cc(F)c1. The van der Waals surface area contributed by atoms with E-state index in [0.717, 1.165) is 12.1 Å². The summed E-state index contributed by atoms with van der Waals surface area (Å²) in [5.74, 6) is -1.84. The predicted octanol–water partition coefficient (Wildman–Crippen LogP) is 1.93. The van der Waals surface area contributed by atoms with Crippen molar-refractivity contribution in [3.05, 3.63) is 35.4 Å². The van der Waals surface area contributed by atoms with Crippen LogP contribution in [0.3, 0.4) is 0 Å². The van der Waals surface area contributed by atoms with E-state index in [1.807, 2.05) is 0 Å². The molecule has 0 aliphatic heterocycles. The van der Waals surface area contributed by atoms with Gasteiger partial charge in [0.15, 0.2) is 0 Å². The zero-order valence-corrected chi connectivity index (χ0v) is 7.94. The fourth-order valence-electron chi connectivity index (χ4n) is 0.948. The van der Waals surface area contributed by atoms with Gasteiger partial charge in [0.2, 0.25) is 0 Å². The maximum atomic E-state index is 12.7. The summed E-state index contributed by atoms with van der Waals surface area (Å²) in [6, 6.07) is 2.64. The first-order chi connectivity index (χ1) is 6.63. The third kappa shape index (κ3) is 2.96. The van der Waals surface area contributed by atoms with Crippen LogP contribution in [-0.4, -0.2) is 18.3 Å². The van der Waals surface area contributed by atoms with Gasteiger partial charge in [0.1, 0.15) is 11.6 Å². The van der Waals surface area contributed by atoms with Gasteiger partial charge in [0.25, 0.3) is 5.91 Å². The first-order valence-electron chi connectivity index (χ1n) is 3.93. The number of carbonyl (C=O) groups is 1. The fraction of sp³-hybridized carbons (Fsp3) is 0.222. The molecular weight excluding hydrogens is 212 g/mol. The van der Waals surface area contributed by atoms with Crippen molar-refractivity contribution in [3.8, 4) is 0 Å². The lowest BCUT2D eigenvalue weighted by molar-refractivity contribution is 0.0955. The average Bonchev–Trinajstić information content (AvgIpc) is 2.12. The van der Waals surface area contributed by atoms with Crippen molar-refractivity contribution in [2.75, 3.05) is 12.4 Å². The van der Waals surface area contributed by atoms with Gasteiger partial charge < -0.3 is 5.32 Å². The Bertz CT molecular complexity index is 323. The van der Waals surface area contributed by atoms with Crippen LogP contribution in [0.4, 0.5) is 8.78 Å². The van der Waals surface area contributed by atoms with Crippen molar-refractivity contribution in [2.24, 2.45) is 0 Å². The van der Waals surface area contributed by atoms with E-state index in [0.29, 0.717) is 6.07 Å². The number of amides is 1. The quantitative estimate of drug-likeness (QED) is 0.774. The van der Waals surface area contributed by atoms with Crippen LogP contribution in [0.5, 0.6) is 0 Å². The second kappa shape index (κ2) is 4.91. The zero-order valence-electron chi connectivity index (χ0n) is 7.19. The van der Waals surface area contributed by atoms with E-state index in [2.05, 4.69) is 5.32 Å². The van der Waals surface area contributed by atoms with Crippen molar-refractivity contribution in [1.82, 2.24) is 5.32 Å². The molecule has 0 heterocycles. The summed E-state index contributed by atoms with van der Waals surface area (Å²) < 4.78 is 25.3. The first-order valence-corrected chi connectivity index (χ1v) is 4.47. The molecule has 0 fully saturated rings. The number of hydrogen-bond acceptors (Lipinski definition) is 1. The molecule has 0 saturated heterocycles. The highest BCUT2D eigenvalue weighted by Gasteiger charge is 2.07. The minimum atomic E-state index is -0.777. The van der Waals surface area contributed by atoms with Gasteiger partial charge in [0.05, 0.1) is 0 Å². The molecule has 0 atom stereocenters. The van der Waals surface area contributed by atoms with Crippen molar-refractivity contribution in [2.45, 2.75) is 0 Å². The Morgan fingerprint density at radius 2 is 1.86 bits per heavy atom. The normalized spacial score (nSPS) is 9.93. The van der Waals surface area contributed by atoms with Crippen LogP contribution in [-0.2, 0) is 0 Å². The molecule has 1 aromatic carbocycles. The second-order valence-corrected chi connectivity index (χ2v) is 2.98. The summed E-state index contributed by atoms with van der Waals surface area (Å²) in [5.41, 5.74) is -0.0485. The van der Waals surface area contributed by atoms with Gasteiger partial charge in [-0.3, -0.25) is 4.79 Å². The minimum absolute atomic E-state index is 0.0485. The molecule has 2 nitrogen and oxygen atoms in total. The highest BCUT2D eigenvalue weighted by molar-refractivity contribution is 6.18. The minimum Gasteiger partial charge on any atom is -0.351 e. The van der Waals surface area contributed by atoms with E-state index in [-0.39, 0.29) is 18.0 Å². The van der Waals surface area contributed by atoms with Gasteiger partial charge in [-0.2, -0.15) is 0 Å². The van der Waals surface area contributed by atoms with Gasteiger partial charge in [-0.05, 0) is 12.1 Å². The van der Waals surface area contributed by atoms with Crippen LogP contribution < -0.4 is 5.32 Å². The van der Waals surface area contributed by atoms with E-state index in [4.69, 9.17) is 11.6 Å². The molecule has 0 unspecified atom stereocenters. The molecule has 0 bridgehead atoms. The Labute approximate surface area is 84.9 Å². The molecule has 0 spiro atoms. The Hall–Kier alpha value is -1.16. The molecule has 0 aliphatic carbocycles. The number of carbonyl (C=O) groups excluding carboxylic acids is 1. The molecule has 1 aromatic rings. The zero-order chi connectivity index (χ0) is 10.6. The summed E-state index contributed by atoms with van der Waals surface area (Å²) in [4.78, 5) is 11.2. The maximum Gasteiger partial charge on any atom is 0.251 e. The topological polar surface area (TPSA) is 29.1 Å². The fourth-order valence-corrected chi connectivity index (χ4v) is 1.04. The van der Waals surface area contributed by atoms with E-state index in [1.54, 1.807) is 0 Å². The van der Waals surface area contributed by atoms with Gasteiger partial charge >= 0.3 is 0 Å². The molecule has 14 heavy (non-hydrogen) atoms. The highest BCUT2D eigenvalue weighted by Crippen LogP contribution is 2.07. The smallest absolute Gasteiger partial charge is 0.251 e. The standard InChI is InChI=1S/C9H8ClF2NO/c10-1-2-13-9(14)6-3-7(11)5-8(12)4-6/h3-5H,1-2H2,(H,13,14). The summed E-state index contributed by atoms with van der Waals surface area (Å²) in [7, 11) is 0. The van der Waals surface area contributed by atoms with Crippen LogP contribution in [0.15, 0.2) is 18.2 Å². The van der Waals surface area contributed by atoms with Crippen LogP contribution in [0.25, 0.3) is 0 Å².